The number of aryl methyl sites for hydroxylation is 2. The van der Waals surface area contributed by atoms with Crippen molar-refractivity contribution in [1.29, 1.82) is 0 Å². The monoisotopic (exact) mass is 411 g/mol. The van der Waals surface area contributed by atoms with Crippen molar-refractivity contribution in [2.45, 2.75) is 78.3 Å². The van der Waals surface area contributed by atoms with Crippen LogP contribution in [0.5, 0.6) is 0 Å². The number of piperidine rings is 1. The first-order valence-corrected chi connectivity index (χ1v) is 11.3. The first kappa shape index (κ1) is 22.5. The minimum Gasteiger partial charge on any atom is -0.352 e. The van der Waals surface area contributed by atoms with Gasteiger partial charge in [-0.1, -0.05) is 18.6 Å². The first-order chi connectivity index (χ1) is 14.4. The number of likely N-dealkylation sites (tertiary alicyclic amines) is 1. The van der Waals surface area contributed by atoms with Gasteiger partial charge in [0.1, 0.15) is 0 Å². The molecule has 0 aromatic carbocycles. The molecule has 2 aliphatic rings. The normalized spacial score (nSPS) is 24.9. The van der Waals surface area contributed by atoms with Crippen LogP contribution in [0.15, 0.2) is 29.0 Å². The van der Waals surface area contributed by atoms with E-state index in [1.54, 1.807) is 0 Å². The van der Waals surface area contributed by atoms with E-state index in [1.807, 2.05) is 6.20 Å². The summed E-state index contributed by atoms with van der Waals surface area (Å²) in [5.74, 6) is 0.477. The van der Waals surface area contributed by atoms with Crippen LogP contribution in [0.4, 0.5) is 4.79 Å². The zero-order chi connectivity index (χ0) is 21.7. The number of hydrogen-bond donors (Lipinski definition) is 2. The maximum absolute atomic E-state index is 11.0. The number of rotatable bonds is 7. The number of nitrogens with zero attached hydrogens (tertiary/aromatic N) is 3. The van der Waals surface area contributed by atoms with E-state index < -0.39 is 6.03 Å². The van der Waals surface area contributed by atoms with Gasteiger partial charge in [0, 0.05) is 30.7 Å². The van der Waals surface area contributed by atoms with Crippen LogP contribution < -0.4 is 11.1 Å². The number of hydrogen-bond acceptors (Lipinski definition) is 4. The summed E-state index contributed by atoms with van der Waals surface area (Å²) in [7, 11) is 0. The lowest BCUT2D eigenvalue weighted by Crippen LogP contribution is -2.49. The fraction of sp³-hybridized carbons (Fsp3) is 0.625. The Labute approximate surface area is 181 Å². The molecule has 0 radical (unpaired) electrons. The molecule has 1 fully saturated rings. The minimum absolute atomic E-state index is 0.315. The van der Waals surface area contributed by atoms with Gasteiger partial charge in [-0.2, -0.15) is 0 Å². The number of carbonyl (C=O) groups excluding carboxylic acids is 1. The fourth-order valence-electron chi connectivity index (χ4n) is 5.05. The lowest BCUT2D eigenvalue weighted by atomic mass is 9.83. The molecule has 3 N–H and O–H groups in total. The second-order valence-electron chi connectivity index (χ2n) is 9.05. The van der Waals surface area contributed by atoms with Crippen molar-refractivity contribution < 1.29 is 4.79 Å². The summed E-state index contributed by atoms with van der Waals surface area (Å²) < 4.78 is 0. The zero-order valence-corrected chi connectivity index (χ0v) is 18.9. The lowest BCUT2D eigenvalue weighted by molar-refractivity contribution is 0.110. The van der Waals surface area contributed by atoms with Gasteiger partial charge < -0.3 is 11.1 Å². The van der Waals surface area contributed by atoms with Crippen molar-refractivity contribution in [2.24, 2.45) is 16.6 Å². The average molecular weight is 412 g/mol. The Morgan fingerprint density at radius 3 is 2.70 bits per heavy atom. The maximum atomic E-state index is 11.0. The molecule has 0 spiro atoms. The van der Waals surface area contributed by atoms with E-state index >= 15 is 0 Å². The number of amides is 2. The van der Waals surface area contributed by atoms with E-state index in [-0.39, 0.29) is 0 Å². The third-order valence-corrected chi connectivity index (χ3v) is 6.38. The fourth-order valence-corrected chi connectivity index (χ4v) is 5.05. The third-order valence-electron chi connectivity index (χ3n) is 6.38. The number of unbranched alkanes of at least 4 members (excludes halogenated alkanes) is 1. The number of allylic oxidation sites excluding steroid dienone is 1. The van der Waals surface area contributed by atoms with Gasteiger partial charge in [0.15, 0.2) is 0 Å². The van der Waals surface area contributed by atoms with Crippen LogP contribution >= 0.6 is 0 Å². The van der Waals surface area contributed by atoms with Crippen LogP contribution in [-0.4, -0.2) is 40.8 Å². The molecule has 0 bridgehead atoms. The highest BCUT2D eigenvalue weighted by atomic mass is 16.2. The van der Waals surface area contributed by atoms with Crippen LogP contribution in [0.2, 0.25) is 0 Å². The minimum atomic E-state index is -0.448. The Morgan fingerprint density at radius 2 is 2.00 bits per heavy atom. The van der Waals surface area contributed by atoms with Crippen LogP contribution in [0, 0.1) is 19.8 Å². The number of nitrogens with two attached hydrogens (primary N) is 1. The molecular weight excluding hydrogens is 374 g/mol. The largest absolute Gasteiger partial charge is 0.352 e. The summed E-state index contributed by atoms with van der Waals surface area (Å²) in [6.07, 6.45) is 10.5. The van der Waals surface area contributed by atoms with E-state index in [0.717, 1.165) is 38.6 Å². The van der Waals surface area contributed by atoms with Crippen molar-refractivity contribution in [1.82, 2.24) is 15.2 Å². The highest BCUT2D eigenvalue weighted by Gasteiger charge is 2.37. The summed E-state index contributed by atoms with van der Waals surface area (Å²) >= 11 is 0. The molecule has 3 rings (SSSR count). The number of carbonyl (C=O) groups is 1. The highest BCUT2D eigenvalue weighted by molar-refractivity contribution is 5.93. The van der Waals surface area contributed by atoms with Gasteiger partial charge in [0.05, 0.1) is 11.7 Å². The van der Waals surface area contributed by atoms with Crippen molar-refractivity contribution in [3.05, 3.63) is 40.9 Å². The van der Waals surface area contributed by atoms with Gasteiger partial charge >= 0.3 is 6.03 Å². The van der Waals surface area contributed by atoms with Gasteiger partial charge in [-0.15, -0.1) is 0 Å². The summed E-state index contributed by atoms with van der Waals surface area (Å²) in [5, 5.41) is 2.70. The number of aromatic nitrogens is 1. The molecule has 6 heteroatoms. The van der Waals surface area contributed by atoms with E-state index in [0.29, 0.717) is 24.5 Å². The Balaban J connectivity index is 1.84. The first-order valence-electron chi connectivity index (χ1n) is 11.3. The summed E-state index contributed by atoms with van der Waals surface area (Å²) in [4.78, 5) is 23.4. The van der Waals surface area contributed by atoms with Gasteiger partial charge in [-0.05, 0) is 82.9 Å². The van der Waals surface area contributed by atoms with Gasteiger partial charge in [0.25, 0.3) is 0 Å². The van der Waals surface area contributed by atoms with Gasteiger partial charge in [0.2, 0.25) is 0 Å². The number of aliphatic imine (C=N–C) groups is 1. The molecular formula is C24H37N5O. The molecule has 1 aromatic heterocycles. The second kappa shape index (κ2) is 10.2. The summed E-state index contributed by atoms with van der Waals surface area (Å²) in [5.41, 5.74) is 11.6. The van der Waals surface area contributed by atoms with Crippen molar-refractivity contribution in [3.8, 4) is 0 Å². The Morgan fingerprint density at radius 1 is 1.23 bits per heavy atom. The van der Waals surface area contributed by atoms with Crippen molar-refractivity contribution >= 4 is 11.7 Å². The molecule has 2 aliphatic heterocycles. The average Bonchev–Trinajstić information content (AvgIpc) is 2.68. The van der Waals surface area contributed by atoms with Crippen LogP contribution in [0.3, 0.4) is 0 Å². The molecule has 0 saturated carbocycles. The molecule has 1 saturated heterocycles. The number of primary amides is 1. The molecule has 3 heterocycles. The number of pyridine rings is 1. The Bertz CT molecular complexity index is 816. The maximum Gasteiger partial charge on any atom is 0.312 e. The quantitative estimate of drug-likeness (QED) is 0.651. The molecule has 2 amide bonds. The van der Waals surface area contributed by atoms with E-state index in [2.05, 4.69) is 50.2 Å². The Hall–Kier alpha value is -2.21. The topological polar surface area (TPSA) is 83.6 Å². The molecule has 3 atom stereocenters. The predicted molar refractivity (Wildman–Crippen MR) is 123 cm³/mol. The number of urea groups is 1. The third kappa shape index (κ3) is 5.48. The van der Waals surface area contributed by atoms with E-state index in [1.165, 1.54) is 34.5 Å². The van der Waals surface area contributed by atoms with Crippen molar-refractivity contribution in [2.75, 3.05) is 13.1 Å². The van der Waals surface area contributed by atoms with Gasteiger partial charge in [-0.25, -0.2) is 4.79 Å². The molecule has 0 aliphatic carbocycles. The van der Waals surface area contributed by atoms with Gasteiger partial charge in [-0.3, -0.25) is 14.9 Å². The molecule has 6 nitrogen and oxygen atoms in total. The molecule has 164 valence electrons. The summed E-state index contributed by atoms with van der Waals surface area (Å²) in [6, 6.07) is 2.47. The van der Waals surface area contributed by atoms with Crippen LogP contribution in [0.25, 0.3) is 0 Å². The molecule has 1 aromatic rings. The van der Waals surface area contributed by atoms with E-state index in [4.69, 9.17) is 15.7 Å². The SMILES string of the molecule is CC1=CN=C(C2CCCC(c3ncc(C)cc3C)N2CCCCNC(N)=O)C(C)C1. The van der Waals surface area contributed by atoms with Crippen LogP contribution in [0.1, 0.15) is 75.2 Å². The summed E-state index contributed by atoms with van der Waals surface area (Å²) in [6.45, 7) is 10.4. The second-order valence-corrected chi connectivity index (χ2v) is 9.05. The standard InChI is InChI=1S/C24H37N5O/c1-16-12-18(3)22(27-14-16)20-8-7-9-21(23-19(4)13-17(2)15-28-23)29(20)11-6-5-10-26-24(25)30/h12,14-15,19-21H,5-11,13H2,1-4H3,(H3,25,26,30). The molecule has 3 unspecified atom stereocenters. The van der Waals surface area contributed by atoms with Crippen LogP contribution in [-0.2, 0) is 0 Å². The highest BCUT2D eigenvalue weighted by Crippen LogP contribution is 2.38. The Kier molecular flexibility index (Phi) is 7.64. The number of nitrogens with one attached hydrogen (secondary N) is 1. The smallest absolute Gasteiger partial charge is 0.312 e. The lowest BCUT2D eigenvalue weighted by Gasteiger charge is -2.44. The van der Waals surface area contributed by atoms with Crippen molar-refractivity contribution in [3.63, 3.8) is 0 Å². The van der Waals surface area contributed by atoms with E-state index in [9.17, 15) is 4.79 Å². The predicted octanol–water partition coefficient (Wildman–Crippen LogP) is 4.43. The molecule has 30 heavy (non-hydrogen) atoms. The zero-order valence-electron chi connectivity index (χ0n) is 18.9.